The van der Waals surface area contributed by atoms with Crippen LogP contribution in [0.4, 0.5) is 0 Å². The third-order valence-electron chi connectivity index (χ3n) is 3.92. The van der Waals surface area contributed by atoms with E-state index < -0.39 is 0 Å². The Morgan fingerprint density at radius 2 is 2.22 bits per heavy atom. The Labute approximate surface area is 109 Å². The summed E-state index contributed by atoms with van der Waals surface area (Å²) < 4.78 is 0. The van der Waals surface area contributed by atoms with Gasteiger partial charge in [-0.15, -0.1) is 0 Å². The van der Waals surface area contributed by atoms with E-state index in [4.69, 9.17) is 5.26 Å². The molecule has 1 heterocycles. The van der Waals surface area contributed by atoms with Gasteiger partial charge >= 0.3 is 0 Å². The van der Waals surface area contributed by atoms with Crippen LogP contribution in [0.25, 0.3) is 0 Å². The lowest BCUT2D eigenvalue weighted by Crippen LogP contribution is -2.34. The minimum absolute atomic E-state index is 0.500. The smallest absolute Gasteiger partial charge is 0.140 e. The Morgan fingerprint density at radius 1 is 1.44 bits per heavy atom. The molecule has 1 aliphatic carbocycles. The van der Waals surface area contributed by atoms with Crippen LogP contribution in [0.1, 0.15) is 50.3 Å². The maximum Gasteiger partial charge on any atom is 0.140 e. The van der Waals surface area contributed by atoms with Gasteiger partial charge in [-0.1, -0.05) is 19.3 Å². The predicted molar refractivity (Wildman–Crippen MR) is 71.8 cm³/mol. The van der Waals surface area contributed by atoms with E-state index in [1.54, 1.807) is 6.20 Å². The summed E-state index contributed by atoms with van der Waals surface area (Å²) >= 11 is 0. The summed E-state index contributed by atoms with van der Waals surface area (Å²) in [7, 11) is 0. The lowest BCUT2D eigenvalue weighted by Gasteiger charge is -2.28. The zero-order valence-electron chi connectivity index (χ0n) is 11.0. The van der Waals surface area contributed by atoms with Crippen LogP contribution < -0.4 is 5.32 Å². The molecular formula is C15H21N3. The zero-order valence-corrected chi connectivity index (χ0v) is 11.0. The summed E-state index contributed by atoms with van der Waals surface area (Å²) in [6.07, 6.45) is 8.58. The van der Waals surface area contributed by atoms with Crippen molar-refractivity contribution in [1.29, 1.82) is 5.26 Å². The van der Waals surface area contributed by atoms with E-state index in [1.807, 2.05) is 12.1 Å². The fourth-order valence-electron chi connectivity index (χ4n) is 2.73. The molecule has 0 aromatic carbocycles. The molecule has 1 aliphatic rings. The lowest BCUT2D eigenvalue weighted by atomic mass is 9.84. The highest BCUT2D eigenvalue weighted by Crippen LogP contribution is 2.26. The highest BCUT2D eigenvalue weighted by molar-refractivity contribution is 5.25. The molecule has 18 heavy (non-hydrogen) atoms. The summed E-state index contributed by atoms with van der Waals surface area (Å²) in [6.45, 7) is 3.11. The number of rotatable bonds is 4. The normalized spacial score (nSPS) is 18.2. The molecule has 1 atom stereocenters. The van der Waals surface area contributed by atoms with Gasteiger partial charge in [0.1, 0.15) is 11.8 Å². The first-order valence-corrected chi connectivity index (χ1v) is 6.88. The van der Waals surface area contributed by atoms with Gasteiger partial charge in [-0.2, -0.15) is 5.26 Å². The van der Waals surface area contributed by atoms with E-state index in [0.29, 0.717) is 11.7 Å². The van der Waals surface area contributed by atoms with Crippen molar-refractivity contribution in [2.45, 2.75) is 51.6 Å². The van der Waals surface area contributed by atoms with Crippen molar-refractivity contribution in [2.24, 2.45) is 5.92 Å². The molecule has 1 aromatic heterocycles. The first-order valence-electron chi connectivity index (χ1n) is 6.88. The number of nitrogens with zero attached hydrogens (tertiary/aromatic N) is 2. The van der Waals surface area contributed by atoms with Crippen LogP contribution in [0, 0.1) is 17.2 Å². The van der Waals surface area contributed by atoms with Crippen molar-refractivity contribution in [2.75, 3.05) is 0 Å². The first-order chi connectivity index (χ1) is 8.79. The van der Waals surface area contributed by atoms with Crippen molar-refractivity contribution in [3.05, 3.63) is 29.6 Å². The van der Waals surface area contributed by atoms with Crippen molar-refractivity contribution in [3.63, 3.8) is 0 Å². The van der Waals surface area contributed by atoms with Crippen LogP contribution >= 0.6 is 0 Å². The second kappa shape index (κ2) is 6.51. The predicted octanol–water partition coefficient (Wildman–Crippen LogP) is 3.01. The monoisotopic (exact) mass is 243 g/mol. The average molecular weight is 243 g/mol. The summed E-state index contributed by atoms with van der Waals surface area (Å²) in [5.74, 6) is 0.816. The zero-order chi connectivity index (χ0) is 12.8. The molecule has 1 fully saturated rings. The Hall–Kier alpha value is -1.40. The minimum Gasteiger partial charge on any atom is -0.310 e. The van der Waals surface area contributed by atoms with Gasteiger partial charge in [0.2, 0.25) is 0 Å². The van der Waals surface area contributed by atoms with Crippen molar-refractivity contribution >= 4 is 0 Å². The maximum atomic E-state index is 8.81. The van der Waals surface area contributed by atoms with Crippen molar-refractivity contribution < 1.29 is 0 Å². The molecule has 0 aliphatic heterocycles. The second-order valence-electron chi connectivity index (χ2n) is 5.23. The summed E-state index contributed by atoms with van der Waals surface area (Å²) in [5.41, 5.74) is 1.64. The molecule has 0 spiro atoms. The lowest BCUT2D eigenvalue weighted by molar-refractivity contribution is 0.280. The molecule has 0 bridgehead atoms. The first kappa shape index (κ1) is 13.0. The fraction of sp³-hybridized carbons (Fsp3) is 0.600. The summed E-state index contributed by atoms with van der Waals surface area (Å²) in [5, 5.41) is 12.4. The minimum atomic E-state index is 0.500. The van der Waals surface area contributed by atoms with E-state index in [9.17, 15) is 0 Å². The second-order valence-corrected chi connectivity index (χ2v) is 5.23. The Morgan fingerprint density at radius 3 is 2.94 bits per heavy atom. The van der Waals surface area contributed by atoms with Gasteiger partial charge < -0.3 is 5.32 Å². The highest BCUT2D eigenvalue weighted by atomic mass is 14.9. The van der Waals surface area contributed by atoms with Gasteiger partial charge in [0, 0.05) is 18.8 Å². The van der Waals surface area contributed by atoms with Crippen LogP contribution in [0.5, 0.6) is 0 Å². The quantitative estimate of drug-likeness (QED) is 0.884. The van der Waals surface area contributed by atoms with E-state index in [1.165, 1.54) is 32.1 Å². The molecule has 3 heteroatoms. The van der Waals surface area contributed by atoms with Crippen LogP contribution in [-0.4, -0.2) is 11.0 Å². The molecule has 96 valence electrons. The number of pyridine rings is 1. The van der Waals surface area contributed by atoms with E-state index in [2.05, 4.69) is 23.3 Å². The molecule has 1 N–H and O–H groups in total. The number of hydrogen-bond donors (Lipinski definition) is 1. The van der Waals surface area contributed by atoms with Gasteiger partial charge in [-0.3, -0.25) is 0 Å². The van der Waals surface area contributed by atoms with Gasteiger partial charge in [0.05, 0.1) is 0 Å². The number of nitriles is 1. The Balaban J connectivity index is 1.84. The molecule has 0 amide bonds. The van der Waals surface area contributed by atoms with Crippen LogP contribution in [0.2, 0.25) is 0 Å². The molecule has 3 nitrogen and oxygen atoms in total. The van der Waals surface area contributed by atoms with Gasteiger partial charge in [0.15, 0.2) is 0 Å². The van der Waals surface area contributed by atoms with Crippen LogP contribution in [0.15, 0.2) is 18.3 Å². The molecular weight excluding hydrogens is 222 g/mol. The van der Waals surface area contributed by atoms with Crippen molar-refractivity contribution in [3.8, 4) is 6.07 Å². The topological polar surface area (TPSA) is 48.7 Å². The summed E-state index contributed by atoms with van der Waals surface area (Å²) in [4.78, 5) is 3.99. The standard InChI is InChI=1S/C15H21N3/c1-12(14-5-3-2-4-6-14)18-11-13-7-8-17-15(9-13)10-16/h7-9,12,14,18H,2-6,11H2,1H3/t12-/m0/s1. The molecule has 0 radical (unpaired) electrons. The SMILES string of the molecule is C[C@H](NCc1ccnc(C#N)c1)C1CCCCC1. The van der Waals surface area contributed by atoms with E-state index >= 15 is 0 Å². The summed E-state index contributed by atoms with van der Waals surface area (Å²) in [6, 6.07) is 6.47. The number of hydrogen-bond acceptors (Lipinski definition) is 3. The van der Waals surface area contributed by atoms with Gasteiger partial charge in [-0.25, -0.2) is 4.98 Å². The molecule has 0 saturated heterocycles. The van der Waals surface area contributed by atoms with E-state index in [0.717, 1.165) is 18.0 Å². The van der Waals surface area contributed by atoms with E-state index in [-0.39, 0.29) is 0 Å². The largest absolute Gasteiger partial charge is 0.310 e. The number of aromatic nitrogens is 1. The highest BCUT2D eigenvalue weighted by Gasteiger charge is 2.19. The maximum absolute atomic E-state index is 8.81. The van der Waals surface area contributed by atoms with Crippen molar-refractivity contribution in [1.82, 2.24) is 10.3 Å². The fourth-order valence-corrected chi connectivity index (χ4v) is 2.73. The third-order valence-corrected chi connectivity index (χ3v) is 3.92. The molecule has 1 saturated carbocycles. The average Bonchev–Trinajstić information content (AvgIpc) is 2.46. The number of nitrogens with one attached hydrogen (secondary N) is 1. The van der Waals surface area contributed by atoms with Gasteiger partial charge in [-0.05, 0) is 43.4 Å². The third kappa shape index (κ3) is 3.54. The Kier molecular flexibility index (Phi) is 4.72. The van der Waals surface area contributed by atoms with Crippen LogP contribution in [0.3, 0.4) is 0 Å². The molecule has 2 rings (SSSR count). The molecule has 1 aromatic rings. The van der Waals surface area contributed by atoms with Crippen LogP contribution in [-0.2, 0) is 6.54 Å². The Bertz CT molecular complexity index is 416. The van der Waals surface area contributed by atoms with Gasteiger partial charge in [0.25, 0.3) is 0 Å². The molecule has 0 unspecified atom stereocenters.